The van der Waals surface area contributed by atoms with Gasteiger partial charge >= 0.3 is 6.18 Å². The third kappa shape index (κ3) is 1.09. The molecule has 2 nitrogen and oxygen atoms in total. The fraction of sp³-hybridized carbons (Fsp3) is 0.824. The molecule has 23 heavy (non-hydrogen) atoms. The first-order valence-corrected chi connectivity index (χ1v) is 8.87. The van der Waals surface area contributed by atoms with E-state index in [1.807, 2.05) is 13.8 Å². The maximum Gasteiger partial charge on any atom is 0.434 e. The lowest BCUT2D eigenvalue weighted by atomic mass is 9.34. The molecular weight excluding hydrogens is 325 g/mol. The van der Waals surface area contributed by atoms with Crippen molar-refractivity contribution in [3.05, 3.63) is 17.7 Å². The molecule has 4 fully saturated rings. The molecule has 6 heteroatoms. The summed E-state index contributed by atoms with van der Waals surface area (Å²) in [7, 11) is 0. The van der Waals surface area contributed by atoms with Crippen LogP contribution in [0.3, 0.4) is 0 Å². The molecule has 0 aromatic carbocycles. The molecule has 4 aliphatic carbocycles. The summed E-state index contributed by atoms with van der Waals surface area (Å²) in [5.74, 6) is 3.41. The van der Waals surface area contributed by atoms with Gasteiger partial charge in [0.15, 0.2) is 5.69 Å². The molecule has 0 N–H and O–H groups in total. The van der Waals surface area contributed by atoms with E-state index in [9.17, 15) is 13.2 Å². The summed E-state index contributed by atoms with van der Waals surface area (Å²) in [5, 5.41) is 0. The largest absolute Gasteiger partial charge is 0.434 e. The number of rotatable bonds is 3. The number of hydrogen-bond acceptors (Lipinski definition) is 1. The molecule has 0 bridgehead atoms. The molecule has 0 saturated heterocycles. The van der Waals surface area contributed by atoms with Gasteiger partial charge < -0.3 is 4.57 Å². The number of nitrogens with zero attached hydrogens (tertiary/aromatic N) is 2. The molecule has 1 aromatic rings. The lowest BCUT2D eigenvalue weighted by Gasteiger charge is -2.69. The van der Waals surface area contributed by atoms with Crippen LogP contribution in [0.4, 0.5) is 13.2 Å². The fourth-order valence-electron chi connectivity index (χ4n) is 7.38. The first kappa shape index (κ1) is 14.6. The van der Waals surface area contributed by atoms with Gasteiger partial charge in [-0.15, -0.1) is 11.6 Å². The van der Waals surface area contributed by atoms with Crippen LogP contribution >= 0.6 is 11.6 Å². The highest BCUT2D eigenvalue weighted by Crippen LogP contribution is 3.14. The van der Waals surface area contributed by atoms with E-state index in [1.54, 1.807) is 4.57 Å². The number of aromatic nitrogens is 2. The Balaban J connectivity index is 1.59. The Morgan fingerprint density at radius 3 is 2.39 bits per heavy atom. The highest BCUT2D eigenvalue weighted by molar-refractivity contribution is 6.19. The van der Waals surface area contributed by atoms with Crippen molar-refractivity contribution in [1.82, 2.24) is 9.55 Å². The Bertz CT molecular complexity index is 737. The zero-order chi connectivity index (χ0) is 16.7. The van der Waals surface area contributed by atoms with Gasteiger partial charge in [0.05, 0.1) is 0 Å². The molecule has 7 atom stereocenters. The van der Waals surface area contributed by atoms with E-state index in [0.717, 1.165) is 0 Å². The Morgan fingerprint density at radius 2 is 1.96 bits per heavy atom. The molecule has 1 aromatic heterocycles. The zero-order valence-corrected chi connectivity index (χ0v) is 14.3. The first-order valence-electron chi connectivity index (χ1n) is 8.33. The lowest BCUT2D eigenvalue weighted by molar-refractivity contribution is -0.192. The number of fused-ring (bicyclic) bond motifs is 2. The van der Waals surface area contributed by atoms with Crippen molar-refractivity contribution in [2.75, 3.05) is 5.88 Å². The average Bonchev–Trinajstić information content (AvgIpc) is 3.12. The number of imidazole rings is 1. The van der Waals surface area contributed by atoms with Crippen LogP contribution in [0.5, 0.6) is 0 Å². The topological polar surface area (TPSA) is 17.8 Å². The molecule has 126 valence electrons. The van der Waals surface area contributed by atoms with E-state index < -0.39 is 11.9 Å². The van der Waals surface area contributed by atoms with Crippen molar-refractivity contribution in [1.29, 1.82) is 0 Å². The molecule has 1 heterocycles. The average molecular weight is 345 g/mol. The van der Waals surface area contributed by atoms with E-state index >= 15 is 0 Å². The SMILES string of the molecule is CC(C)n1cc(C(F)(F)F)nc1C1(C)C2C(C)C3(CCl)C4C1C243. The molecule has 0 radical (unpaired) electrons. The minimum atomic E-state index is -4.38. The molecule has 4 aliphatic rings. The second-order valence-electron chi connectivity index (χ2n) is 8.56. The van der Waals surface area contributed by atoms with Gasteiger partial charge in [-0.2, -0.15) is 13.2 Å². The van der Waals surface area contributed by atoms with E-state index in [4.69, 9.17) is 11.6 Å². The normalized spacial score (nSPS) is 51.7. The Hall–Kier alpha value is -0.710. The summed E-state index contributed by atoms with van der Waals surface area (Å²) in [6, 6.07) is -0.0229. The quantitative estimate of drug-likeness (QED) is 0.739. The fourth-order valence-corrected chi connectivity index (χ4v) is 8.03. The van der Waals surface area contributed by atoms with E-state index in [-0.39, 0.29) is 11.5 Å². The third-order valence-corrected chi connectivity index (χ3v) is 8.37. The van der Waals surface area contributed by atoms with E-state index in [0.29, 0.717) is 46.2 Å². The minimum Gasteiger partial charge on any atom is -0.331 e. The van der Waals surface area contributed by atoms with E-state index in [1.165, 1.54) is 6.20 Å². The third-order valence-electron chi connectivity index (χ3n) is 7.93. The van der Waals surface area contributed by atoms with Gasteiger partial charge in [-0.25, -0.2) is 4.98 Å². The zero-order valence-electron chi connectivity index (χ0n) is 13.6. The van der Waals surface area contributed by atoms with Crippen LogP contribution in [-0.4, -0.2) is 15.4 Å². The van der Waals surface area contributed by atoms with Gasteiger partial charge in [0.2, 0.25) is 0 Å². The number of alkyl halides is 4. The second-order valence-corrected chi connectivity index (χ2v) is 8.83. The van der Waals surface area contributed by atoms with Crippen LogP contribution in [0.1, 0.15) is 45.3 Å². The summed E-state index contributed by atoms with van der Waals surface area (Å²) in [4.78, 5) is 4.09. The van der Waals surface area contributed by atoms with Gasteiger partial charge in [0.25, 0.3) is 0 Å². The van der Waals surface area contributed by atoms with Crippen molar-refractivity contribution < 1.29 is 13.2 Å². The number of hydrogen-bond donors (Lipinski definition) is 0. The second kappa shape index (κ2) is 3.47. The molecule has 7 unspecified atom stereocenters. The molecular formula is C17H20ClF3N2. The maximum atomic E-state index is 13.2. The van der Waals surface area contributed by atoms with Crippen LogP contribution in [-0.2, 0) is 11.6 Å². The summed E-state index contributed by atoms with van der Waals surface area (Å²) >= 11 is 6.20. The van der Waals surface area contributed by atoms with Crippen LogP contribution in [0.2, 0.25) is 0 Å². The van der Waals surface area contributed by atoms with Crippen molar-refractivity contribution in [2.45, 2.75) is 45.3 Å². The van der Waals surface area contributed by atoms with Gasteiger partial charge in [-0.1, -0.05) is 13.8 Å². The lowest BCUT2D eigenvalue weighted by Crippen LogP contribution is -2.70. The summed E-state index contributed by atoms with van der Waals surface area (Å²) in [6.45, 7) is 8.20. The minimum absolute atomic E-state index is 0.0229. The first-order chi connectivity index (χ1) is 10.6. The Labute approximate surface area is 138 Å². The molecule has 4 saturated carbocycles. The predicted octanol–water partition coefficient (Wildman–Crippen LogP) is 4.49. The van der Waals surface area contributed by atoms with Crippen LogP contribution < -0.4 is 0 Å². The van der Waals surface area contributed by atoms with Crippen LogP contribution in [0.15, 0.2) is 6.20 Å². The summed E-state index contributed by atoms with van der Waals surface area (Å²) in [6.07, 6.45) is -3.19. The van der Waals surface area contributed by atoms with Gasteiger partial charge in [-0.05, 0) is 48.3 Å². The highest BCUT2D eigenvalue weighted by Gasteiger charge is 3.14. The van der Waals surface area contributed by atoms with Crippen LogP contribution in [0.25, 0.3) is 0 Å². The van der Waals surface area contributed by atoms with Crippen molar-refractivity contribution in [2.24, 2.45) is 34.5 Å². The Kier molecular flexibility index (Phi) is 2.20. The van der Waals surface area contributed by atoms with Crippen molar-refractivity contribution in [3.63, 3.8) is 0 Å². The number of halogens is 4. The van der Waals surface area contributed by atoms with Crippen molar-refractivity contribution in [3.8, 4) is 0 Å². The standard InChI is InChI=1S/C17H20ClF3N2/c1-7(2)23-5-9(17(19,20)21)22-13(23)14(4)10-8(3)15(6-18)12-11(14)16(10,12)15/h5,7-8,10-12H,6H2,1-4H3. The predicted molar refractivity (Wildman–Crippen MR) is 80.2 cm³/mol. The molecule has 0 amide bonds. The molecule has 5 rings (SSSR count). The highest BCUT2D eigenvalue weighted by atomic mass is 35.5. The molecule has 1 spiro atoms. The van der Waals surface area contributed by atoms with E-state index in [2.05, 4.69) is 18.8 Å². The van der Waals surface area contributed by atoms with Gasteiger partial charge in [0.1, 0.15) is 5.82 Å². The van der Waals surface area contributed by atoms with Crippen molar-refractivity contribution >= 4 is 11.6 Å². The molecule has 0 aliphatic heterocycles. The maximum absolute atomic E-state index is 13.2. The van der Waals surface area contributed by atoms with Gasteiger partial charge in [0, 0.05) is 23.5 Å². The monoisotopic (exact) mass is 344 g/mol. The van der Waals surface area contributed by atoms with Gasteiger partial charge in [-0.3, -0.25) is 0 Å². The summed E-state index contributed by atoms with van der Waals surface area (Å²) < 4.78 is 41.2. The summed E-state index contributed by atoms with van der Waals surface area (Å²) in [5.41, 5.74) is -0.292. The van der Waals surface area contributed by atoms with Crippen LogP contribution in [0, 0.1) is 34.5 Å². The smallest absolute Gasteiger partial charge is 0.331 e. The Morgan fingerprint density at radius 1 is 1.30 bits per heavy atom.